The molecule has 0 bridgehead atoms. The van der Waals surface area contributed by atoms with E-state index in [1.807, 2.05) is 0 Å². The van der Waals surface area contributed by atoms with Crippen LogP contribution in [0, 0.1) is 30.3 Å². The molecule has 3 aromatic carbocycles. The van der Waals surface area contributed by atoms with Crippen LogP contribution >= 0.6 is 0 Å². The molecule has 0 radical (unpaired) electrons. The van der Waals surface area contributed by atoms with E-state index in [0.717, 1.165) is 6.42 Å². The number of hydrogen-bond donors (Lipinski definition) is 1. The van der Waals surface area contributed by atoms with Gasteiger partial charge < -0.3 is 5.11 Å². The molecule has 0 saturated carbocycles. The zero-order chi connectivity index (χ0) is 23.6. The number of aryl methyl sites for hydroxylation is 1. The highest BCUT2D eigenvalue weighted by atomic mass is 16.6. The number of nitro groups is 3. The number of fused-ring (bicyclic) bond motifs is 3. The molecular formula is C22H19N3O7. The average molecular weight is 437 g/mol. The molecular weight excluding hydrogens is 418 g/mol. The molecule has 0 heterocycles. The van der Waals surface area contributed by atoms with E-state index in [4.69, 9.17) is 5.11 Å². The Morgan fingerprint density at radius 2 is 1.38 bits per heavy atom. The van der Waals surface area contributed by atoms with Gasteiger partial charge in [-0.05, 0) is 34.2 Å². The second kappa shape index (κ2) is 8.80. The Morgan fingerprint density at radius 3 is 1.91 bits per heavy atom. The molecule has 10 nitrogen and oxygen atoms in total. The fourth-order valence-electron chi connectivity index (χ4n) is 3.70. The minimum absolute atomic E-state index is 0.447. The van der Waals surface area contributed by atoms with E-state index < -0.39 is 37.6 Å². The highest BCUT2D eigenvalue weighted by Gasteiger charge is 2.30. The van der Waals surface area contributed by atoms with Gasteiger partial charge in [0.25, 0.3) is 11.4 Å². The quantitative estimate of drug-likeness (QED) is 0.418. The summed E-state index contributed by atoms with van der Waals surface area (Å²) in [6.45, 7) is 4.53. The van der Waals surface area contributed by atoms with E-state index in [9.17, 15) is 30.3 Å². The second-order valence-corrected chi connectivity index (χ2v) is 7.19. The van der Waals surface area contributed by atoms with Crippen molar-refractivity contribution >= 4 is 17.1 Å². The Kier molecular flexibility index (Phi) is 6.15. The van der Waals surface area contributed by atoms with Crippen LogP contribution in [0.3, 0.4) is 0 Å². The Morgan fingerprint density at radius 1 is 0.812 bits per heavy atom. The van der Waals surface area contributed by atoms with Crippen LogP contribution in [0.4, 0.5) is 17.1 Å². The fraction of sp³-hybridized carbons (Fsp3) is 0.182. The van der Waals surface area contributed by atoms with E-state index in [1.165, 1.54) is 27.8 Å². The largest absolute Gasteiger partial charge is 0.497 e. The fourth-order valence-corrected chi connectivity index (χ4v) is 3.70. The van der Waals surface area contributed by atoms with E-state index in [0.29, 0.717) is 18.1 Å². The molecule has 164 valence electrons. The zero-order valence-electron chi connectivity index (χ0n) is 17.2. The monoisotopic (exact) mass is 437 g/mol. The molecule has 1 atom stereocenters. The first kappa shape index (κ1) is 22.3. The lowest BCUT2D eigenvalue weighted by Crippen LogP contribution is -1.97. The molecule has 1 N–H and O–H groups in total. The summed E-state index contributed by atoms with van der Waals surface area (Å²) in [4.78, 5) is 27.8. The van der Waals surface area contributed by atoms with Crippen LogP contribution in [0.1, 0.15) is 36.5 Å². The summed E-state index contributed by atoms with van der Waals surface area (Å²) in [5.41, 5.74) is 4.27. The SMILES string of the molecule is CCc1ccc2c(c1)C(C)c1ccccc1-2.O=[N+]([O-])c1cc([N+](=O)[O-])c(O)c([N+](=O)[O-])c1. The lowest BCUT2D eigenvalue weighted by atomic mass is 9.97. The normalized spacial score (nSPS) is 13.4. The zero-order valence-corrected chi connectivity index (χ0v) is 17.2. The van der Waals surface area contributed by atoms with Crippen molar-refractivity contribution in [2.24, 2.45) is 0 Å². The molecule has 3 aromatic rings. The van der Waals surface area contributed by atoms with Crippen LogP contribution in [-0.2, 0) is 6.42 Å². The van der Waals surface area contributed by atoms with E-state index in [2.05, 4.69) is 56.3 Å². The first-order valence-electron chi connectivity index (χ1n) is 9.68. The summed E-state index contributed by atoms with van der Waals surface area (Å²) < 4.78 is 0. The van der Waals surface area contributed by atoms with Gasteiger partial charge in [-0.3, -0.25) is 30.3 Å². The minimum atomic E-state index is -1.21. The van der Waals surface area contributed by atoms with Gasteiger partial charge in [0.15, 0.2) is 0 Å². The highest BCUT2D eigenvalue weighted by molar-refractivity contribution is 5.78. The Balaban J connectivity index is 0.000000181. The van der Waals surface area contributed by atoms with Crippen molar-refractivity contribution in [3.8, 4) is 16.9 Å². The maximum absolute atomic E-state index is 10.4. The molecule has 32 heavy (non-hydrogen) atoms. The van der Waals surface area contributed by atoms with Crippen LogP contribution < -0.4 is 0 Å². The predicted molar refractivity (Wildman–Crippen MR) is 117 cm³/mol. The number of hydrogen-bond acceptors (Lipinski definition) is 7. The summed E-state index contributed by atoms with van der Waals surface area (Å²) in [5.74, 6) is -0.654. The van der Waals surface area contributed by atoms with Gasteiger partial charge in [0.05, 0.1) is 26.9 Å². The van der Waals surface area contributed by atoms with Crippen LogP contribution in [0.25, 0.3) is 11.1 Å². The number of benzene rings is 3. The van der Waals surface area contributed by atoms with Crippen molar-refractivity contribution in [3.05, 3.63) is 102 Å². The van der Waals surface area contributed by atoms with Crippen LogP contribution in [-0.4, -0.2) is 19.9 Å². The van der Waals surface area contributed by atoms with Gasteiger partial charge >= 0.3 is 11.4 Å². The summed E-state index contributed by atoms with van der Waals surface area (Å²) in [7, 11) is 0. The highest BCUT2D eigenvalue weighted by Crippen LogP contribution is 2.44. The molecule has 0 saturated heterocycles. The third kappa shape index (κ3) is 4.10. The van der Waals surface area contributed by atoms with Crippen LogP contribution in [0.2, 0.25) is 0 Å². The van der Waals surface area contributed by atoms with Gasteiger partial charge in [-0.15, -0.1) is 0 Å². The topological polar surface area (TPSA) is 150 Å². The lowest BCUT2D eigenvalue weighted by Gasteiger charge is -2.07. The number of non-ortho nitro benzene ring substituents is 1. The Hall–Kier alpha value is -4.34. The third-order valence-electron chi connectivity index (χ3n) is 5.37. The number of rotatable bonds is 4. The molecule has 10 heteroatoms. The van der Waals surface area contributed by atoms with Crippen molar-refractivity contribution in [1.82, 2.24) is 0 Å². The summed E-state index contributed by atoms with van der Waals surface area (Å²) in [5, 5.41) is 40.2. The summed E-state index contributed by atoms with van der Waals surface area (Å²) >= 11 is 0. The average Bonchev–Trinajstić information content (AvgIpc) is 3.05. The molecule has 1 aliphatic rings. The van der Waals surface area contributed by atoms with Gasteiger partial charge in [-0.1, -0.05) is 56.3 Å². The van der Waals surface area contributed by atoms with Crippen LogP contribution in [0.5, 0.6) is 5.75 Å². The number of phenolic OH excluding ortho intramolecular Hbond substituents is 1. The molecule has 0 fully saturated rings. The lowest BCUT2D eigenvalue weighted by molar-refractivity contribution is -0.404. The third-order valence-corrected chi connectivity index (χ3v) is 5.37. The van der Waals surface area contributed by atoms with Crippen molar-refractivity contribution in [3.63, 3.8) is 0 Å². The smallest absolute Gasteiger partial charge is 0.324 e. The molecule has 1 aliphatic carbocycles. The van der Waals surface area contributed by atoms with Gasteiger partial charge in [-0.2, -0.15) is 0 Å². The maximum Gasteiger partial charge on any atom is 0.324 e. The van der Waals surface area contributed by atoms with Crippen LogP contribution in [0.15, 0.2) is 54.6 Å². The minimum Gasteiger partial charge on any atom is -0.497 e. The molecule has 4 rings (SSSR count). The summed E-state index contributed by atoms with van der Waals surface area (Å²) in [6.07, 6.45) is 1.12. The molecule has 0 aromatic heterocycles. The van der Waals surface area contributed by atoms with Crippen molar-refractivity contribution in [1.29, 1.82) is 0 Å². The van der Waals surface area contributed by atoms with E-state index in [1.54, 1.807) is 0 Å². The first-order chi connectivity index (χ1) is 15.1. The first-order valence-corrected chi connectivity index (χ1v) is 9.68. The van der Waals surface area contributed by atoms with Gasteiger partial charge in [0.2, 0.25) is 0 Å². The number of nitro benzene ring substituents is 3. The molecule has 0 aliphatic heterocycles. The predicted octanol–water partition coefficient (Wildman–Crippen LogP) is 5.50. The summed E-state index contributed by atoms with van der Waals surface area (Å²) in [6, 6.07) is 16.6. The van der Waals surface area contributed by atoms with Gasteiger partial charge in [-0.25, -0.2) is 0 Å². The van der Waals surface area contributed by atoms with Crippen molar-refractivity contribution < 1.29 is 19.9 Å². The number of phenols is 1. The van der Waals surface area contributed by atoms with E-state index in [-0.39, 0.29) is 0 Å². The van der Waals surface area contributed by atoms with Gasteiger partial charge in [0, 0.05) is 5.92 Å². The van der Waals surface area contributed by atoms with Gasteiger partial charge in [0.1, 0.15) is 0 Å². The molecule has 0 amide bonds. The standard InChI is InChI=1S/C16H16.C6H3N3O7/c1-3-12-8-9-15-14-7-5-4-6-13(14)11(2)16(15)10-12;10-6-4(8(13)14)1-3(7(11)12)2-5(6)9(15)16/h4-11H,3H2,1-2H3;1-2,10H. The van der Waals surface area contributed by atoms with E-state index >= 15 is 0 Å². The molecule has 1 unspecified atom stereocenters. The Bertz CT molecular complexity index is 1200. The maximum atomic E-state index is 10.4. The van der Waals surface area contributed by atoms with Crippen molar-refractivity contribution in [2.45, 2.75) is 26.2 Å². The van der Waals surface area contributed by atoms with Crippen molar-refractivity contribution in [2.75, 3.05) is 0 Å². The molecule has 0 spiro atoms. The Labute approximate surface area is 182 Å². The second-order valence-electron chi connectivity index (χ2n) is 7.19. The number of aromatic hydroxyl groups is 1. The number of nitrogens with zero attached hydrogens (tertiary/aromatic N) is 3.